The van der Waals surface area contributed by atoms with Gasteiger partial charge >= 0.3 is 0 Å². The molecule has 8 heteroatoms. The first-order valence-corrected chi connectivity index (χ1v) is 14.7. The molecule has 1 aromatic rings. The van der Waals surface area contributed by atoms with E-state index in [9.17, 15) is 18.0 Å². The van der Waals surface area contributed by atoms with E-state index in [0.717, 1.165) is 25.7 Å². The summed E-state index contributed by atoms with van der Waals surface area (Å²) in [4.78, 5) is 30.4. The number of hydrogen-bond donors (Lipinski definition) is 1. The number of carbonyl (C=O) groups excluding carboxylic acids is 2. The summed E-state index contributed by atoms with van der Waals surface area (Å²) < 4.78 is 23.4. The number of nitrogens with one attached hydrogen (secondary N) is 1. The summed E-state index contributed by atoms with van der Waals surface area (Å²) in [5.41, 5.74) is 0.587. The summed E-state index contributed by atoms with van der Waals surface area (Å²) in [6, 6.07) is 10.6. The molecule has 2 heterocycles. The van der Waals surface area contributed by atoms with Gasteiger partial charge in [0.25, 0.3) is 0 Å². The number of amides is 2. The van der Waals surface area contributed by atoms with Gasteiger partial charge in [-0.2, -0.15) is 0 Å². The van der Waals surface area contributed by atoms with Gasteiger partial charge in [-0.05, 0) is 77.4 Å². The average Bonchev–Trinajstić information content (AvgIpc) is 3.10. The van der Waals surface area contributed by atoms with Crippen LogP contribution >= 0.6 is 0 Å². The summed E-state index contributed by atoms with van der Waals surface area (Å²) >= 11 is 0. The monoisotopic (exact) mass is 503 g/mol. The molecule has 0 aromatic heterocycles. The first-order valence-electron chi connectivity index (χ1n) is 12.9. The van der Waals surface area contributed by atoms with Gasteiger partial charge in [0.15, 0.2) is 0 Å². The van der Waals surface area contributed by atoms with E-state index >= 15 is 0 Å². The molecule has 0 unspecified atom stereocenters. The first-order chi connectivity index (χ1) is 16.4. The number of nitrogens with zero attached hydrogens (tertiary/aromatic N) is 2. The van der Waals surface area contributed by atoms with E-state index in [2.05, 4.69) is 54.6 Å². The molecular weight excluding hydrogens is 462 g/mol. The van der Waals surface area contributed by atoms with E-state index in [1.807, 2.05) is 18.7 Å². The zero-order valence-electron chi connectivity index (χ0n) is 21.7. The Hall–Kier alpha value is -1.93. The van der Waals surface area contributed by atoms with Gasteiger partial charge in [-0.3, -0.25) is 14.5 Å². The molecule has 1 aliphatic carbocycles. The second-order valence-corrected chi connectivity index (χ2v) is 14.3. The lowest BCUT2D eigenvalue weighted by molar-refractivity contribution is -0.134. The molecule has 1 spiro atoms. The Bertz CT molecular complexity index is 1030. The van der Waals surface area contributed by atoms with Gasteiger partial charge in [-0.1, -0.05) is 30.3 Å². The minimum atomic E-state index is -2.97. The Morgan fingerprint density at radius 2 is 1.69 bits per heavy atom. The number of carbonyl (C=O) groups is 2. The third kappa shape index (κ3) is 5.43. The topological polar surface area (TPSA) is 86.8 Å². The van der Waals surface area contributed by atoms with Crippen LogP contribution in [0.1, 0.15) is 64.4 Å². The van der Waals surface area contributed by atoms with Gasteiger partial charge in [-0.25, -0.2) is 8.42 Å². The summed E-state index contributed by atoms with van der Waals surface area (Å²) in [5, 5.41) is 3.05. The molecule has 3 fully saturated rings. The second-order valence-electron chi connectivity index (χ2n) is 12.0. The van der Waals surface area contributed by atoms with Crippen molar-refractivity contribution in [1.82, 2.24) is 15.1 Å². The minimum absolute atomic E-state index is 0.00435. The molecule has 35 heavy (non-hydrogen) atoms. The number of hydrogen-bond acceptors (Lipinski definition) is 5. The Morgan fingerprint density at radius 1 is 1.09 bits per heavy atom. The van der Waals surface area contributed by atoms with Crippen LogP contribution in [0.15, 0.2) is 30.3 Å². The lowest BCUT2D eigenvalue weighted by Gasteiger charge is -2.49. The van der Waals surface area contributed by atoms with E-state index in [1.165, 1.54) is 5.56 Å². The molecule has 1 aromatic carbocycles. The third-order valence-corrected chi connectivity index (χ3v) is 10.5. The molecule has 2 amide bonds. The van der Waals surface area contributed by atoms with Crippen molar-refractivity contribution in [2.24, 2.45) is 10.8 Å². The average molecular weight is 504 g/mol. The predicted octanol–water partition coefficient (Wildman–Crippen LogP) is 2.96. The van der Waals surface area contributed by atoms with Gasteiger partial charge in [-0.15, -0.1) is 0 Å². The Morgan fingerprint density at radius 3 is 2.26 bits per heavy atom. The van der Waals surface area contributed by atoms with Gasteiger partial charge < -0.3 is 10.2 Å². The highest BCUT2D eigenvalue weighted by atomic mass is 32.2. The standard InChI is InChI=1S/C27H41N3O4S/c1-25(2,24(32)28-22-10-16-35(33,34)17-11-22)19-30-20-26(18-23(30)31)12-14-27(15-13-26,29(3)4)21-8-6-5-7-9-21/h5-9,22H,10-20H2,1-4H3,(H,28,32)/t26-,27-. The fraction of sp³-hybridized carbons (Fsp3) is 0.704. The summed E-state index contributed by atoms with van der Waals surface area (Å²) in [5.74, 6) is 0.299. The van der Waals surface area contributed by atoms with Gasteiger partial charge in [0.2, 0.25) is 11.8 Å². The highest BCUT2D eigenvalue weighted by Crippen LogP contribution is 2.52. The van der Waals surface area contributed by atoms with Gasteiger partial charge in [0.05, 0.1) is 16.9 Å². The summed E-state index contributed by atoms with van der Waals surface area (Å²) in [7, 11) is 1.34. The number of sulfone groups is 1. The van der Waals surface area contributed by atoms with Crippen LogP contribution < -0.4 is 5.32 Å². The predicted molar refractivity (Wildman–Crippen MR) is 138 cm³/mol. The second kappa shape index (κ2) is 9.51. The quantitative estimate of drug-likeness (QED) is 0.645. The molecule has 4 rings (SSSR count). The van der Waals surface area contributed by atoms with Gasteiger partial charge in [0.1, 0.15) is 9.84 Å². The van der Waals surface area contributed by atoms with Crippen molar-refractivity contribution >= 4 is 21.7 Å². The molecule has 0 atom stereocenters. The lowest BCUT2D eigenvalue weighted by Crippen LogP contribution is -2.50. The number of rotatable bonds is 6. The molecule has 3 aliphatic rings. The fourth-order valence-corrected chi connectivity index (χ4v) is 7.85. The zero-order chi connectivity index (χ0) is 25.5. The van der Waals surface area contributed by atoms with Gasteiger partial charge in [0, 0.05) is 31.1 Å². The van der Waals surface area contributed by atoms with E-state index in [-0.39, 0.29) is 40.3 Å². The number of benzene rings is 1. The third-order valence-electron chi connectivity index (χ3n) is 8.80. The summed E-state index contributed by atoms with van der Waals surface area (Å²) in [6.07, 6.45) is 5.50. The van der Waals surface area contributed by atoms with E-state index in [4.69, 9.17) is 0 Å². The molecule has 2 saturated heterocycles. The van der Waals surface area contributed by atoms with Crippen molar-refractivity contribution < 1.29 is 18.0 Å². The van der Waals surface area contributed by atoms with Crippen molar-refractivity contribution in [2.45, 2.75) is 70.4 Å². The molecule has 2 aliphatic heterocycles. The number of likely N-dealkylation sites (tertiary alicyclic amines) is 1. The lowest BCUT2D eigenvalue weighted by atomic mass is 9.64. The maximum atomic E-state index is 13.1. The van der Waals surface area contributed by atoms with Crippen LogP contribution in [0.25, 0.3) is 0 Å². The highest BCUT2D eigenvalue weighted by Gasteiger charge is 2.51. The van der Waals surface area contributed by atoms with Crippen molar-refractivity contribution in [3.63, 3.8) is 0 Å². The summed E-state index contributed by atoms with van der Waals surface area (Å²) in [6.45, 7) is 4.87. The van der Waals surface area contributed by atoms with Crippen molar-refractivity contribution in [1.29, 1.82) is 0 Å². The van der Waals surface area contributed by atoms with Crippen LogP contribution in [0.2, 0.25) is 0 Å². The molecule has 0 radical (unpaired) electrons. The fourth-order valence-electron chi connectivity index (χ4n) is 6.36. The normalized spacial score (nSPS) is 26.9. The smallest absolute Gasteiger partial charge is 0.227 e. The maximum absolute atomic E-state index is 13.1. The Balaban J connectivity index is 1.38. The van der Waals surface area contributed by atoms with Crippen molar-refractivity contribution in [3.05, 3.63) is 35.9 Å². The molecule has 7 nitrogen and oxygen atoms in total. The molecule has 1 N–H and O–H groups in total. The van der Waals surface area contributed by atoms with Crippen LogP contribution in [0.5, 0.6) is 0 Å². The van der Waals surface area contributed by atoms with Crippen LogP contribution in [0, 0.1) is 10.8 Å². The van der Waals surface area contributed by atoms with Crippen LogP contribution in [-0.4, -0.2) is 74.8 Å². The van der Waals surface area contributed by atoms with Crippen LogP contribution in [0.4, 0.5) is 0 Å². The molecular formula is C27H41N3O4S. The molecule has 0 bridgehead atoms. The SMILES string of the molecule is CN(C)[C@]1(c2ccccc2)CC[C@@]2(CC1)CC(=O)N(CC(C)(C)C(=O)NC1CCS(=O)(=O)CC1)C2. The molecule has 1 saturated carbocycles. The highest BCUT2D eigenvalue weighted by molar-refractivity contribution is 7.91. The van der Waals surface area contributed by atoms with Crippen molar-refractivity contribution in [2.75, 3.05) is 38.7 Å². The van der Waals surface area contributed by atoms with E-state index in [1.54, 1.807) is 0 Å². The first kappa shape index (κ1) is 26.1. The minimum Gasteiger partial charge on any atom is -0.353 e. The van der Waals surface area contributed by atoms with Crippen LogP contribution in [-0.2, 0) is 25.0 Å². The maximum Gasteiger partial charge on any atom is 0.227 e. The van der Waals surface area contributed by atoms with Crippen molar-refractivity contribution in [3.8, 4) is 0 Å². The van der Waals surface area contributed by atoms with E-state index in [0.29, 0.717) is 32.4 Å². The Kier molecular flexibility index (Phi) is 7.10. The van der Waals surface area contributed by atoms with E-state index < -0.39 is 15.3 Å². The van der Waals surface area contributed by atoms with Crippen LogP contribution in [0.3, 0.4) is 0 Å². The zero-order valence-corrected chi connectivity index (χ0v) is 22.5. The Labute approximate surface area is 210 Å². The largest absolute Gasteiger partial charge is 0.353 e. The molecule has 194 valence electrons.